The zero-order valence-electron chi connectivity index (χ0n) is 12.5. The first-order valence-electron chi connectivity index (χ1n) is 7.27. The van der Waals surface area contributed by atoms with Gasteiger partial charge in [0.2, 0.25) is 0 Å². The third-order valence-corrected chi connectivity index (χ3v) is 3.67. The van der Waals surface area contributed by atoms with Gasteiger partial charge in [-0.2, -0.15) is 0 Å². The first kappa shape index (κ1) is 15.9. The molecule has 0 spiro atoms. The van der Waals surface area contributed by atoms with Crippen molar-refractivity contribution in [2.75, 3.05) is 13.2 Å². The molecule has 1 aliphatic rings. The van der Waals surface area contributed by atoms with E-state index in [-0.39, 0.29) is 24.2 Å². The zero-order valence-corrected chi connectivity index (χ0v) is 12.5. The molecule has 1 saturated heterocycles. The smallest absolute Gasteiger partial charge is 0.270 e. The zero-order chi connectivity index (χ0) is 15.9. The molecule has 7 nitrogen and oxygen atoms in total. The molecular weight excluding hydrogens is 286 g/mol. The molecule has 1 amide bonds. The molecule has 118 valence electrons. The Morgan fingerprint density at radius 2 is 2.36 bits per heavy atom. The SMILES string of the molecule is C[C@@H]1CCCCN1C(=O)CO/N=C\c1cccc([N+](=O)[O-])c1. The fourth-order valence-corrected chi connectivity index (χ4v) is 2.46. The molecule has 0 aromatic heterocycles. The Bertz CT molecular complexity index is 574. The van der Waals surface area contributed by atoms with Crippen molar-refractivity contribution in [1.82, 2.24) is 4.90 Å². The van der Waals surface area contributed by atoms with E-state index in [2.05, 4.69) is 5.16 Å². The summed E-state index contributed by atoms with van der Waals surface area (Å²) in [6.07, 6.45) is 4.55. The van der Waals surface area contributed by atoms with E-state index < -0.39 is 4.92 Å². The van der Waals surface area contributed by atoms with Crippen LogP contribution in [0.15, 0.2) is 29.4 Å². The molecule has 0 bridgehead atoms. The van der Waals surface area contributed by atoms with Gasteiger partial charge in [-0.15, -0.1) is 0 Å². The molecular formula is C15H19N3O4. The van der Waals surface area contributed by atoms with Crippen LogP contribution in [0.3, 0.4) is 0 Å². The summed E-state index contributed by atoms with van der Waals surface area (Å²) < 4.78 is 0. The molecule has 22 heavy (non-hydrogen) atoms. The van der Waals surface area contributed by atoms with Crippen LogP contribution in [-0.2, 0) is 9.63 Å². The van der Waals surface area contributed by atoms with Crippen LogP contribution in [0.2, 0.25) is 0 Å². The van der Waals surface area contributed by atoms with E-state index in [9.17, 15) is 14.9 Å². The maximum absolute atomic E-state index is 12.0. The maximum atomic E-state index is 12.0. The van der Waals surface area contributed by atoms with E-state index in [1.54, 1.807) is 12.1 Å². The number of amides is 1. The van der Waals surface area contributed by atoms with Crippen LogP contribution in [0, 0.1) is 10.1 Å². The van der Waals surface area contributed by atoms with Crippen LogP contribution in [0.1, 0.15) is 31.7 Å². The minimum absolute atomic E-state index is 0.0119. The molecule has 7 heteroatoms. The van der Waals surface area contributed by atoms with E-state index in [1.807, 2.05) is 11.8 Å². The molecule has 1 atom stereocenters. The standard InChI is InChI=1S/C15H19N3O4/c1-12-5-2-3-8-17(12)15(19)11-22-16-10-13-6-4-7-14(9-13)18(20)21/h4,6-7,9-10,12H,2-3,5,8,11H2,1H3/b16-10-/t12-/m1/s1. The molecule has 1 fully saturated rings. The molecule has 1 heterocycles. The lowest BCUT2D eigenvalue weighted by atomic mass is 10.0. The van der Waals surface area contributed by atoms with Crippen molar-refractivity contribution in [3.63, 3.8) is 0 Å². The second-order valence-electron chi connectivity index (χ2n) is 5.29. The van der Waals surface area contributed by atoms with E-state index in [0.29, 0.717) is 5.56 Å². The van der Waals surface area contributed by atoms with Gasteiger partial charge in [-0.3, -0.25) is 14.9 Å². The van der Waals surface area contributed by atoms with Crippen LogP contribution >= 0.6 is 0 Å². The van der Waals surface area contributed by atoms with Gasteiger partial charge < -0.3 is 9.74 Å². The number of hydrogen-bond acceptors (Lipinski definition) is 5. The lowest BCUT2D eigenvalue weighted by Gasteiger charge is -2.32. The highest BCUT2D eigenvalue weighted by Crippen LogP contribution is 2.16. The van der Waals surface area contributed by atoms with E-state index >= 15 is 0 Å². The molecule has 1 aliphatic heterocycles. The number of carbonyl (C=O) groups excluding carboxylic acids is 1. The average molecular weight is 305 g/mol. The Balaban J connectivity index is 1.84. The number of carbonyl (C=O) groups is 1. The van der Waals surface area contributed by atoms with Gasteiger partial charge >= 0.3 is 0 Å². The summed E-state index contributed by atoms with van der Waals surface area (Å²) >= 11 is 0. The molecule has 0 radical (unpaired) electrons. The molecule has 1 aromatic rings. The minimum Gasteiger partial charge on any atom is -0.386 e. The topological polar surface area (TPSA) is 85.0 Å². The minimum atomic E-state index is -0.473. The van der Waals surface area contributed by atoms with E-state index in [4.69, 9.17) is 4.84 Å². The predicted octanol–water partition coefficient (Wildman–Crippen LogP) is 2.35. The van der Waals surface area contributed by atoms with Crippen molar-refractivity contribution >= 4 is 17.8 Å². The Hall–Kier alpha value is -2.44. The molecule has 0 unspecified atom stereocenters. The van der Waals surface area contributed by atoms with Crippen molar-refractivity contribution in [3.8, 4) is 0 Å². The van der Waals surface area contributed by atoms with Gasteiger partial charge in [0.1, 0.15) is 0 Å². The molecule has 0 N–H and O–H groups in total. The molecule has 1 aromatic carbocycles. The quantitative estimate of drug-likeness (QED) is 0.475. The van der Waals surface area contributed by atoms with Gasteiger partial charge in [0, 0.05) is 30.3 Å². The van der Waals surface area contributed by atoms with Crippen molar-refractivity contribution in [2.24, 2.45) is 5.16 Å². The highest BCUT2D eigenvalue weighted by atomic mass is 16.6. The highest BCUT2D eigenvalue weighted by molar-refractivity contribution is 5.80. The van der Waals surface area contributed by atoms with Crippen molar-refractivity contribution in [3.05, 3.63) is 39.9 Å². The summed E-state index contributed by atoms with van der Waals surface area (Å²) in [5.41, 5.74) is 0.537. The maximum Gasteiger partial charge on any atom is 0.270 e. The fraction of sp³-hybridized carbons (Fsp3) is 0.467. The lowest BCUT2D eigenvalue weighted by Crippen LogP contribution is -2.43. The third-order valence-electron chi connectivity index (χ3n) is 3.67. The molecule has 0 saturated carbocycles. The predicted molar refractivity (Wildman–Crippen MR) is 81.7 cm³/mol. The summed E-state index contributed by atoms with van der Waals surface area (Å²) in [6.45, 7) is 2.68. The third kappa shape index (κ3) is 4.28. The number of nitro groups is 1. The fourth-order valence-electron chi connectivity index (χ4n) is 2.46. The normalized spacial score (nSPS) is 18.4. The monoisotopic (exact) mass is 305 g/mol. The van der Waals surface area contributed by atoms with E-state index in [1.165, 1.54) is 18.3 Å². The van der Waals surface area contributed by atoms with Gasteiger partial charge in [0.25, 0.3) is 11.6 Å². The van der Waals surface area contributed by atoms with Crippen LogP contribution in [-0.4, -0.2) is 41.1 Å². The van der Waals surface area contributed by atoms with Crippen molar-refractivity contribution in [1.29, 1.82) is 0 Å². The van der Waals surface area contributed by atoms with Gasteiger partial charge in [-0.25, -0.2) is 0 Å². The number of non-ortho nitro benzene ring substituents is 1. The summed E-state index contributed by atoms with van der Waals surface area (Å²) in [5.74, 6) is -0.0802. The average Bonchev–Trinajstić information content (AvgIpc) is 2.52. The van der Waals surface area contributed by atoms with Crippen LogP contribution in [0.5, 0.6) is 0 Å². The number of likely N-dealkylation sites (tertiary alicyclic amines) is 1. The largest absolute Gasteiger partial charge is 0.386 e. The van der Waals surface area contributed by atoms with Crippen LogP contribution in [0.4, 0.5) is 5.69 Å². The Labute approximate surface area is 128 Å². The van der Waals surface area contributed by atoms with Gasteiger partial charge in [-0.1, -0.05) is 17.3 Å². The lowest BCUT2D eigenvalue weighted by molar-refractivity contribution is -0.384. The van der Waals surface area contributed by atoms with Crippen LogP contribution < -0.4 is 0 Å². The number of nitrogens with zero attached hydrogens (tertiary/aromatic N) is 3. The Morgan fingerprint density at radius 1 is 1.55 bits per heavy atom. The van der Waals surface area contributed by atoms with E-state index in [0.717, 1.165) is 25.8 Å². The first-order chi connectivity index (χ1) is 10.6. The van der Waals surface area contributed by atoms with Gasteiger partial charge in [0.05, 0.1) is 11.1 Å². The van der Waals surface area contributed by atoms with Crippen molar-refractivity contribution < 1.29 is 14.6 Å². The van der Waals surface area contributed by atoms with Gasteiger partial charge in [0.15, 0.2) is 6.61 Å². The number of oxime groups is 1. The summed E-state index contributed by atoms with van der Waals surface area (Å²) in [7, 11) is 0. The summed E-state index contributed by atoms with van der Waals surface area (Å²) in [4.78, 5) is 29.0. The first-order valence-corrected chi connectivity index (χ1v) is 7.27. The van der Waals surface area contributed by atoms with Crippen LogP contribution in [0.25, 0.3) is 0 Å². The second kappa shape index (κ2) is 7.53. The summed E-state index contributed by atoms with van der Waals surface area (Å²) in [5, 5.41) is 14.4. The molecule has 0 aliphatic carbocycles. The number of benzene rings is 1. The number of rotatable bonds is 5. The number of nitro benzene ring substituents is 1. The Kier molecular flexibility index (Phi) is 5.46. The highest BCUT2D eigenvalue weighted by Gasteiger charge is 2.23. The van der Waals surface area contributed by atoms with Gasteiger partial charge in [-0.05, 0) is 26.2 Å². The number of piperidine rings is 1. The molecule has 2 rings (SSSR count). The number of hydrogen-bond donors (Lipinski definition) is 0. The Morgan fingerprint density at radius 3 is 3.09 bits per heavy atom. The summed E-state index contributed by atoms with van der Waals surface area (Å²) in [6, 6.07) is 6.28. The second-order valence-corrected chi connectivity index (χ2v) is 5.29. The van der Waals surface area contributed by atoms with Crippen molar-refractivity contribution in [2.45, 2.75) is 32.2 Å².